The molecule has 1 unspecified atom stereocenters. The number of amides is 2. The summed E-state index contributed by atoms with van der Waals surface area (Å²) in [5, 5.41) is 0. The normalized spacial score (nSPS) is 19.1. The summed E-state index contributed by atoms with van der Waals surface area (Å²) < 4.78 is 1.01. The summed E-state index contributed by atoms with van der Waals surface area (Å²) in [5.41, 5.74) is 1.11. The van der Waals surface area contributed by atoms with E-state index in [2.05, 4.69) is 15.9 Å². The lowest BCUT2D eigenvalue weighted by Gasteiger charge is -2.18. The molecule has 1 aliphatic heterocycles. The molecule has 5 heteroatoms. The largest absolute Gasteiger partial charge is 0.322 e. The third kappa shape index (κ3) is 3.15. The average Bonchev–Trinajstić information content (AvgIpc) is 2.64. The monoisotopic (exact) mass is 324 g/mol. The van der Waals surface area contributed by atoms with Gasteiger partial charge in [0.05, 0.1) is 6.04 Å². The second-order valence-electron chi connectivity index (χ2n) is 4.86. The van der Waals surface area contributed by atoms with E-state index in [1.54, 1.807) is 16.7 Å². The molecule has 0 bridgehead atoms. The fourth-order valence-corrected chi connectivity index (χ4v) is 2.70. The lowest BCUT2D eigenvalue weighted by molar-refractivity contribution is -0.117. The molecule has 1 atom stereocenters. The highest BCUT2D eigenvalue weighted by molar-refractivity contribution is 9.10. The number of Topliss-reactive ketones (excluding diaryl/α,β-unsaturated/α-hetero) is 1. The van der Waals surface area contributed by atoms with Crippen molar-refractivity contribution in [1.82, 2.24) is 9.80 Å². The van der Waals surface area contributed by atoms with Crippen LogP contribution in [0.5, 0.6) is 0 Å². The third-order valence-corrected chi connectivity index (χ3v) is 3.89. The van der Waals surface area contributed by atoms with Gasteiger partial charge in [0.15, 0.2) is 0 Å². The number of ketones is 1. The van der Waals surface area contributed by atoms with Crippen LogP contribution in [0, 0.1) is 0 Å². The SMILES string of the molecule is CC(=O)CCN1CC(c2cccc(Br)c2)N(C)C1=O. The van der Waals surface area contributed by atoms with Crippen LogP contribution < -0.4 is 0 Å². The Hall–Kier alpha value is -1.36. The van der Waals surface area contributed by atoms with E-state index in [4.69, 9.17) is 0 Å². The van der Waals surface area contributed by atoms with E-state index in [9.17, 15) is 9.59 Å². The van der Waals surface area contributed by atoms with Crippen LogP contribution in [0.3, 0.4) is 0 Å². The van der Waals surface area contributed by atoms with Crippen molar-refractivity contribution in [3.05, 3.63) is 34.3 Å². The number of hydrogen-bond donors (Lipinski definition) is 0. The predicted molar refractivity (Wildman–Crippen MR) is 76.9 cm³/mol. The molecule has 19 heavy (non-hydrogen) atoms. The van der Waals surface area contributed by atoms with Gasteiger partial charge in [-0.05, 0) is 24.6 Å². The number of likely N-dealkylation sites (N-methyl/N-ethyl adjacent to an activating group) is 1. The molecule has 0 saturated carbocycles. The number of rotatable bonds is 4. The summed E-state index contributed by atoms with van der Waals surface area (Å²) in [7, 11) is 1.81. The van der Waals surface area contributed by atoms with Crippen molar-refractivity contribution in [2.24, 2.45) is 0 Å². The lowest BCUT2D eigenvalue weighted by atomic mass is 10.1. The zero-order chi connectivity index (χ0) is 14.0. The van der Waals surface area contributed by atoms with Crippen LogP contribution in [0.2, 0.25) is 0 Å². The van der Waals surface area contributed by atoms with Gasteiger partial charge >= 0.3 is 6.03 Å². The molecular weight excluding hydrogens is 308 g/mol. The zero-order valence-electron chi connectivity index (χ0n) is 11.1. The first-order valence-corrected chi connectivity index (χ1v) is 7.05. The summed E-state index contributed by atoms with van der Waals surface area (Å²) in [6, 6.07) is 8.03. The van der Waals surface area contributed by atoms with Crippen LogP contribution in [-0.4, -0.2) is 41.8 Å². The van der Waals surface area contributed by atoms with Gasteiger partial charge in [-0.1, -0.05) is 28.1 Å². The van der Waals surface area contributed by atoms with Crippen LogP contribution >= 0.6 is 15.9 Å². The van der Waals surface area contributed by atoms with E-state index in [-0.39, 0.29) is 17.9 Å². The summed E-state index contributed by atoms with van der Waals surface area (Å²) in [6.45, 7) is 2.69. The molecule has 4 nitrogen and oxygen atoms in total. The van der Waals surface area contributed by atoms with E-state index in [1.807, 2.05) is 31.3 Å². The summed E-state index contributed by atoms with van der Waals surface area (Å²) in [6.07, 6.45) is 0.421. The smallest absolute Gasteiger partial charge is 0.320 e. The minimum Gasteiger partial charge on any atom is -0.322 e. The Balaban J connectivity index is 2.12. The van der Waals surface area contributed by atoms with Gasteiger partial charge in [-0.3, -0.25) is 4.79 Å². The minimum absolute atomic E-state index is 0.00812. The molecule has 1 heterocycles. The topological polar surface area (TPSA) is 40.6 Å². The van der Waals surface area contributed by atoms with Gasteiger partial charge in [0.2, 0.25) is 0 Å². The van der Waals surface area contributed by atoms with Gasteiger partial charge in [0, 0.05) is 31.0 Å². The zero-order valence-corrected chi connectivity index (χ0v) is 12.7. The van der Waals surface area contributed by atoms with Crippen molar-refractivity contribution in [2.75, 3.05) is 20.1 Å². The second-order valence-corrected chi connectivity index (χ2v) is 5.78. The highest BCUT2D eigenvalue weighted by atomic mass is 79.9. The summed E-state index contributed by atoms with van der Waals surface area (Å²) in [5.74, 6) is 0.112. The summed E-state index contributed by atoms with van der Waals surface area (Å²) in [4.78, 5) is 26.6. The van der Waals surface area contributed by atoms with Gasteiger partial charge in [-0.2, -0.15) is 0 Å². The Kier molecular flexibility index (Phi) is 4.24. The molecule has 102 valence electrons. The Labute approximate surface area is 121 Å². The fraction of sp³-hybridized carbons (Fsp3) is 0.429. The molecule has 0 N–H and O–H groups in total. The third-order valence-electron chi connectivity index (χ3n) is 3.40. The molecule has 1 aromatic carbocycles. The van der Waals surface area contributed by atoms with Crippen molar-refractivity contribution >= 4 is 27.7 Å². The van der Waals surface area contributed by atoms with Crippen LogP contribution in [0.4, 0.5) is 4.79 Å². The van der Waals surface area contributed by atoms with Crippen molar-refractivity contribution < 1.29 is 9.59 Å². The molecule has 1 aliphatic rings. The van der Waals surface area contributed by atoms with Gasteiger partial charge < -0.3 is 9.80 Å². The number of carbonyl (C=O) groups is 2. The molecule has 0 radical (unpaired) electrons. The van der Waals surface area contributed by atoms with Crippen molar-refractivity contribution in [2.45, 2.75) is 19.4 Å². The van der Waals surface area contributed by atoms with Crippen LogP contribution in [0.15, 0.2) is 28.7 Å². The second kappa shape index (κ2) is 5.74. The Morgan fingerprint density at radius 2 is 2.21 bits per heavy atom. The number of urea groups is 1. The Morgan fingerprint density at radius 3 is 2.84 bits per heavy atom. The molecule has 2 amide bonds. The van der Waals surface area contributed by atoms with Crippen LogP contribution in [0.1, 0.15) is 24.9 Å². The minimum atomic E-state index is -0.00812. The molecule has 0 spiro atoms. The molecular formula is C14H17BrN2O2. The van der Waals surface area contributed by atoms with Gasteiger partial charge in [0.25, 0.3) is 0 Å². The number of nitrogens with zero attached hydrogens (tertiary/aromatic N) is 2. The van der Waals surface area contributed by atoms with E-state index < -0.39 is 0 Å². The van der Waals surface area contributed by atoms with E-state index in [0.29, 0.717) is 19.5 Å². The number of benzene rings is 1. The molecule has 0 aromatic heterocycles. The highest BCUT2D eigenvalue weighted by Gasteiger charge is 2.35. The number of halogens is 1. The fourth-order valence-electron chi connectivity index (χ4n) is 2.29. The maximum absolute atomic E-state index is 12.1. The predicted octanol–water partition coefficient (Wildman–Crippen LogP) is 2.84. The van der Waals surface area contributed by atoms with E-state index in [1.165, 1.54) is 0 Å². The first-order chi connectivity index (χ1) is 8.99. The van der Waals surface area contributed by atoms with Crippen molar-refractivity contribution in [1.29, 1.82) is 0 Å². The molecule has 1 fully saturated rings. The van der Waals surface area contributed by atoms with Crippen molar-refractivity contribution in [3.63, 3.8) is 0 Å². The Morgan fingerprint density at radius 1 is 1.47 bits per heavy atom. The molecule has 0 aliphatic carbocycles. The van der Waals surface area contributed by atoms with Crippen LogP contribution in [0.25, 0.3) is 0 Å². The molecule has 1 aromatic rings. The molecule has 1 saturated heterocycles. The highest BCUT2D eigenvalue weighted by Crippen LogP contribution is 2.29. The van der Waals surface area contributed by atoms with Crippen molar-refractivity contribution in [3.8, 4) is 0 Å². The van der Waals surface area contributed by atoms with Crippen LogP contribution in [-0.2, 0) is 4.79 Å². The number of carbonyl (C=O) groups excluding carboxylic acids is 2. The first-order valence-electron chi connectivity index (χ1n) is 6.25. The standard InChI is InChI=1S/C14H17BrN2O2/c1-10(18)6-7-17-9-13(16(2)14(17)19)11-4-3-5-12(15)8-11/h3-5,8,13H,6-7,9H2,1-2H3. The maximum Gasteiger partial charge on any atom is 0.320 e. The van der Waals surface area contributed by atoms with Gasteiger partial charge in [-0.15, -0.1) is 0 Å². The quantitative estimate of drug-likeness (QED) is 0.854. The van der Waals surface area contributed by atoms with E-state index in [0.717, 1.165) is 10.0 Å². The van der Waals surface area contributed by atoms with Gasteiger partial charge in [0.1, 0.15) is 5.78 Å². The summed E-state index contributed by atoms with van der Waals surface area (Å²) >= 11 is 3.45. The van der Waals surface area contributed by atoms with E-state index >= 15 is 0 Å². The Bertz CT molecular complexity index is 504. The maximum atomic E-state index is 12.1. The lowest BCUT2D eigenvalue weighted by Crippen LogP contribution is -2.31. The van der Waals surface area contributed by atoms with Gasteiger partial charge in [-0.25, -0.2) is 4.79 Å². The average molecular weight is 325 g/mol. The number of hydrogen-bond acceptors (Lipinski definition) is 2. The first kappa shape index (κ1) is 14.1. The molecule has 2 rings (SSSR count).